The first kappa shape index (κ1) is 16.3. The molecule has 0 aliphatic carbocycles. The van der Waals surface area contributed by atoms with Crippen LogP contribution in [-0.2, 0) is 0 Å². The van der Waals surface area contributed by atoms with Crippen LogP contribution >= 0.6 is 0 Å². The molecular weight excluding hydrogens is 333 g/mol. The second kappa shape index (κ2) is 6.63. The maximum Gasteiger partial charge on any atom is 0.270 e. The molecule has 132 valence electrons. The van der Waals surface area contributed by atoms with Crippen molar-refractivity contribution in [2.24, 2.45) is 0 Å². The number of nitrogens with zero attached hydrogens (tertiary/aromatic N) is 2. The van der Waals surface area contributed by atoms with Gasteiger partial charge in [-0.25, -0.2) is 4.39 Å². The second-order valence-electron chi connectivity index (χ2n) is 6.37. The average molecular weight is 351 g/mol. The van der Waals surface area contributed by atoms with Crippen LogP contribution in [0.2, 0.25) is 0 Å². The van der Waals surface area contributed by atoms with E-state index in [1.807, 2.05) is 30.3 Å². The van der Waals surface area contributed by atoms with Gasteiger partial charge < -0.3 is 14.8 Å². The lowest BCUT2D eigenvalue weighted by Gasteiger charge is -2.34. The number of fused-ring (bicyclic) bond motifs is 1. The molecular formula is C20H18FN3O2. The van der Waals surface area contributed by atoms with Crippen LogP contribution in [0, 0.1) is 5.82 Å². The number of benzene rings is 2. The SMILES string of the molecule is O=C(c1cccc(F)c1)N1CCN(C(=O)c2cc3ccccc3[nH]2)CC1. The molecule has 1 N–H and O–H groups in total. The quantitative estimate of drug-likeness (QED) is 0.772. The summed E-state index contributed by atoms with van der Waals surface area (Å²) in [5, 5.41) is 0.996. The lowest BCUT2D eigenvalue weighted by Crippen LogP contribution is -2.50. The molecule has 0 spiro atoms. The Hall–Kier alpha value is -3.15. The number of aromatic amines is 1. The summed E-state index contributed by atoms with van der Waals surface area (Å²) in [6.07, 6.45) is 0. The van der Waals surface area contributed by atoms with E-state index < -0.39 is 5.82 Å². The van der Waals surface area contributed by atoms with E-state index in [0.717, 1.165) is 10.9 Å². The summed E-state index contributed by atoms with van der Waals surface area (Å²) >= 11 is 0. The zero-order valence-corrected chi connectivity index (χ0v) is 14.1. The number of hydrogen-bond acceptors (Lipinski definition) is 2. The van der Waals surface area contributed by atoms with Crippen LogP contribution in [-0.4, -0.2) is 52.8 Å². The van der Waals surface area contributed by atoms with Crippen molar-refractivity contribution < 1.29 is 14.0 Å². The van der Waals surface area contributed by atoms with Gasteiger partial charge in [0.2, 0.25) is 0 Å². The van der Waals surface area contributed by atoms with E-state index in [-0.39, 0.29) is 11.8 Å². The van der Waals surface area contributed by atoms with Crippen molar-refractivity contribution in [2.75, 3.05) is 26.2 Å². The van der Waals surface area contributed by atoms with Crippen molar-refractivity contribution in [3.05, 3.63) is 71.7 Å². The molecule has 1 saturated heterocycles. The molecule has 2 aromatic carbocycles. The molecule has 5 nitrogen and oxygen atoms in total. The summed E-state index contributed by atoms with van der Waals surface area (Å²) in [6, 6.07) is 15.3. The van der Waals surface area contributed by atoms with Crippen molar-refractivity contribution in [2.45, 2.75) is 0 Å². The third kappa shape index (κ3) is 3.06. The molecule has 0 unspecified atom stereocenters. The van der Waals surface area contributed by atoms with E-state index in [4.69, 9.17) is 0 Å². The van der Waals surface area contributed by atoms with Crippen LogP contribution in [0.25, 0.3) is 10.9 Å². The number of amides is 2. The number of aromatic nitrogens is 1. The van der Waals surface area contributed by atoms with Gasteiger partial charge in [-0.15, -0.1) is 0 Å². The van der Waals surface area contributed by atoms with Crippen molar-refractivity contribution in [1.82, 2.24) is 14.8 Å². The fraction of sp³-hybridized carbons (Fsp3) is 0.200. The largest absolute Gasteiger partial charge is 0.351 e. The first-order chi connectivity index (χ1) is 12.6. The van der Waals surface area contributed by atoms with Gasteiger partial charge in [0, 0.05) is 42.6 Å². The zero-order valence-electron chi connectivity index (χ0n) is 14.1. The molecule has 6 heteroatoms. The Morgan fingerprint density at radius 2 is 1.54 bits per heavy atom. The summed E-state index contributed by atoms with van der Waals surface area (Å²) in [5.41, 5.74) is 1.81. The maximum atomic E-state index is 13.3. The Morgan fingerprint density at radius 1 is 0.846 bits per heavy atom. The number of H-pyrrole nitrogens is 1. The number of carbonyl (C=O) groups is 2. The summed E-state index contributed by atoms with van der Waals surface area (Å²) < 4.78 is 13.3. The summed E-state index contributed by atoms with van der Waals surface area (Å²) in [4.78, 5) is 31.7. The Labute approximate surface area is 150 Å². The lowest BCUT2D eigenvalue weighted by atomic mass is 10.1. The average Bonchev–Trinajstić information content (AvgIpc) is 3.11. The first-order valence-electron chi connectivity index (χ1n) is 8.54. The zero-order chi connectivity index (χ0) is 18.1. The minimum absolute atomic E-state index is 0.0703. The van der Waals surface area contributed by atoms with Gasteiger partial charge in [0.25, 0.3) is 11.8 Å². The summed E-state index contributed by atoms with van der Waals surface area (Å²) in [5.74, 6) is -0.704. The Balaban J connectivity index is 1.43. The van der Waals surface area contributed by atoms with Gasteiger partial charge in [-0.05, 0) is 30.3 Å². The van der Waals surface area contributed by atoms with Crippen LogP contribution in [0.3, 0.4) is 0 Å². The van der Waals surface area contributed by atoms with Crippen LogP contribution in [0.1, 0.15) is 20.8 Å². The molecule has 0 saturated carbocycles. The third-order valence-corrected chi connectivity index (χ3v) is 4.69. The highest BCUT2D eigenvalue weighted by molar-refractivity contribution is 5.98. The van der Waals surface area contributed by atoms with Gasteiger partial charge >= 0.3 is 0 Å². The maximum absolute atomic E-state index is 13.3. The van der Waals surface area contributed by atoms with Gasteiger partial charge in [0.15, 0.2) is 0 Å². The predicted octanol–water partition coefficient (Wildman–Crippen LogP) is 2.91. The number of piperazine rings is 1. The number of halogens is 1. The molecule has 1 aliphatic rings. The van der Waals surface area contributed by atoms with Gasteiger partial charge in [0.1, 0.15) is 11.5 Å². The highest BCUT2D eigenvalue weighted by Gasteiger charge is 2.26. The summed E-state index contributed by atoms with van der Waals surface area (Å²) in [6.45, 7) is 1.77. The number of nitrogens with one attached hydrogen (secondary N) is 1. The Bertz CT molecular complexity index is 941. The number of carbonyl (C=O) groups excluding carboxylic acids is 2. The van der Waals surface area contributed by atoms with Crippen molar-refractivity contribution in [1.29, 1.82) is 0 Å². The first-order valence-corrected chi connectivity index (χ1v) is 8.54. The van der Waals surface area contributed by atoms with Crippen LogP contribution < -0.4 is 0 Å². The molecule has 1 fully saturated rings. The van der Waals surface area contributed by atoms with Crippen LogP contribution in [0.5, 0.6) is 0 Å². The monoisotopic (exact) mass is 351 g/mol. The molecule has 4 rings (SSSR count). The fourth-order valence-corrected chi connectivity index (χ4v) is 3.28. The Morgan fingerprint density at radius 3 is 2.23 bits per heavy atom. The fourth-order valence-electron chi connectivity index (χ4n) is 3.28. The Kier molecular flexibility index (Phi) is 4.16. The van der Waals surface area contributed by atoms with Crippen molar-refractivity contribution in [3.8, 4) is 0 Å². The van der Waals surface area contributed by atoms with E-state index in [2.05, 4.69) is 4.98 Å². The van der Waals surface area contributed by atoms with Gasteiger partial charge in [-0.2, -0.15) is 0 Å². The standard InChI is InChI=1S/C20H18FN3O2/c21-16-6-3-5-15(12-16)19(25)23-8-10-24(11-9-23)20(26)18-13-14-4-1-2-7-17(14)22-18/h1-7,12-13,22H,8-11H2. The molecule has 1 aliphatic heterocycles. The van der Waals surface area contributed by atoms with Crippen LogP contribution in [0.4, 0.5) is 4.39 Å². The molecule has 0 radical (unpaired) electrons. The lowest BCUT2D eigenvalue weighted by molar-refractivity contribution is 0.0532. The van der Waals surface area contributed by atoms with E-state index >= 15 is 0 Å². The van der Waals surface area contributed by atoms with Gasteiger partial charge in [0.05, 0.1) is 0 Å². The molecule has 0 bridgehead atoms. The second-order valence-corrected chi connectivity index (χ2v) is 6.37. The number of para-hydroxylation sites is 1. The topological polar surface area (TPSA) is 56.4 Å². The minimum atomic E-state index is -0.427. The van der Waals surface area contributed by atoms with E-state index in [9.17, 15) is 14.0 Å². The van der Waals surface area contributed by atoms with E-state index in [1.54, 1.807) is 15.9 Å². The molecule has 2 amide bonds. The van der Waals surface area contributed by atoms with E-state index in [0.29, 0.717) is 37.4 Å². The van der Waals surface area contributed by atoms with E-state index in [1.165, 1.54) is 18.2 Å². The highest BCUT2D eigenvalue weighted by Crippen LogP contribution is 2.17. The van der Waals surface area contributed by atoms with Crippen molar-refractivity contribution in [3.63, 3.8) is 0 Å². The highest BCUT2D eigenvalue weighted by atomic mass is 19.1. The van der Waals surface area contributed by atoms with Gasteiger partial charge in [-0.1, -0.05) is 24.3 Å². The van der Waals surface area contributed by atoms with Gasteiger partial charge in [-0.3, -0.25) is 9.59 Å². The smallest absolute Gasteiger partial charge is 0.270 e. The molecule has 3 aromatic rings. The molecule has 0 atom stereocenters. The number of rotatable bonds is 2. The minimum Gasteiger partial charge on any atom is -0.351 e. The van der Waals surface area contributed by atoms with Crippen molar-refractivity contribution >= 4 is 22.7 Å². The van der Waals surface area contributed by atoms with Crippen LogP contribution in [0.15, 0.2) is 54.6 Å². The predicted molar refractivity (Wildman–Crippen MR) is 96.5 cm³/mol. The molecule has 1 aromatic heterocycles. The normalized spacial score (nSPS) is 14.7. The third-order valence-electron chi connectivity index (χ3n) is 4.69. The number of hydrogen-bond donors (Lipinski definition) is 1. The summed E-state index contributed by atoms with van der Waals surface area (Å²) in [7, 11) is 0. The molecule has 26 heavy (non-hydrogen) atoms. The molecule has 2 heterocycles.